The molecule has 1 aliphatic heterocycles. The fourth-order valence-corrected chi connectivity index (χ4v) is 3.14. The first-order valence-electron chi connectivity index (χ1n) is 8.21. The number of esters is 1. The van der Waals surface area contributed by atoms with Gasteiger partial charge in [-0.15, -0.1) is 0 Å². The zero-order valence-corrected chi connectivity index (χ0v) is 14.6. The predicted molar refractivity (Wildman–Crippen MR) is 95.0 cm³/mol. The summed E-state index contributed by atoms with van der Waals surface area (Å²) in [5, 5.41) is 0. The van der Waals surface area contributed by atoms with Crippen molar-refractivity contribution in [3.05, 3.63) is 53.6 Å². The molecule has 2 aromatic carbocycles. The number of ether oxygens (including phenoxy) is 2. The van der Waals surface area contributed by atoms with E-state index in [1.54, 1.807) is 18.1 Å². The van der Waals surface area contributed by atoms with Crippen molar-refractivity contribution < 1.29 is 19.1 Å². The van der Waals surface area contributed by atoms with Crippen molar-refractivity contribution in [2.45, 2.75) is 20.3 Å². The van der Waals surface area contributed by atoms with Gasteiger partial charge in [-0.1, -0.05) is 18.2 Å². The molecule has 1 heterocycles. The third kappa shape index (κ3) is 3.65. The summed E-state index contributed by atoms with van der Waals surface area (Å²) in [5.41, 5.74) is 2.73. The minimum absolute atomic E-state index is 0.105. The van der Waals surface area contributed by atoms with Crippen LogP contribution in [0, 0.1) is 19.8 Å². The quantitative estimate of drug-likeness (QED) is 0.634. The average molecular weight is 339 g/mol. The van der Waals surface area contributed by atoms with Crippen molar-refractivity contribution in [2.75, 3.05) is 18.6 Å². The van der Waals surface area contributed by atoms with Crippen molar-refractivity contribution in [1.29, 1.82) is 0 Å². The van der Waals surface area contributed by atoms with Gasteiger partial charge in [0.2, 0.25) is 5.91 Å². The second-order valence-electron chi connectivity index (χ2n) is 6.32. The minimum Gasteiger partial charge on any atom is -0.495 e. The van der Waals surface area contributed by atoms with Crippen molar-refractivity contribution >= 4 is 17.6 Å². The summed E-state index contributed by atoms with van der Waals surface area (Å²) in [7, 11) is 1.56. The van der Waals surface area contributed by atoms with Crippen LogP contribution in [0.1, 0.15) is 17.5 Å². The number of amides is 1. The first kappa shape index (κ1) is 17.0. The maximum Gasteiger partial charge on any atom is 0.316 e. The summed E-state index contributed by atoms with van der Waals surface area (Å²) in [6.45, 7) is 4.20. The first-order valence-corrected chi connectivity index (χ1v) is 8.21. The Bertz CT molecular complexity index is 795. The number of carbonyl (C=O) groups is 2. The number of anilines is 1. The van der Waals surface area contributed by atoms with Crippen LogP contribution >= 0.6 is 0 Å². The van der Waals surface area contributed by atoms with Crippen LogP contribution in [-0.4, -0.2) is 25.5 Å². The van der Waals surface area contributed by atoms with E-state index >= 15 is 0 Å². The summed E-state index contributed by atoms with van der Waals surface area (Å²) in [5.74, 6) is 0.158. The molecule has 0 unspecified atom stereocenters. The summed E-state index contributed by atoms with van der Waals surface area (Å²) in [6.07, 6.45) is 0.141. The molecule has 0 spiro atoms. The van der Waals surface area contributed by atoms with Crippen LogP contribution in [0.25, 0.3) is 0 Å². The molecule has 0 N–H and O–H groups in total. The predicted octanol–water partition coefficient (Wildman–Crippen LogP) is 3.27. The van der Waals surface area contributed by atoms with E-state index in [-0.39, 0.29) is 18.3 Å². The normalized spacial score (nSPS) is 16.8. The lowest BCUT2D eigenvalue weighted by Crippen LogP contribution is -2.27. The van der Waals surface area contributed by atoms with Crippen LogP contribution in [0.15, 0.2) is 42.5 Å². The maximum atomic E-state index is 12.5. The topological polar surface area (TPSA) is 55.8 Å². The second kappa shape index (κ2) is 6.97. The molecule has 1 amide bonds. The van der Waals surface area contributed by atoms with E-state index in [1.807, 2.05) is 50.2 Å². The van der Waals surface area contributed by atoms with E-state index in [2.05, 4.69) is 0 Å². The molecule has 0 radical (unpaired) electrons. The number of benzene rings is 2. The molecule has 1 aliphatic rings. The zero-order valence-electron chi connectivity index (χ0n) is 14.6. The van der Waals surface area contributed by atoms with E-state index < -0.39 is 5.92 Å². The molecule has 3 rings (SSSR count). The Morgan fingerprint density at radius 1 is 1.12 bits per heavy atom. The van der Waals surface area contributed by atoms with Crippen LogP contribution in [0.3, 0.4) is 0 Å². The maximum absolute atomic E-state index is 12.5. The molecule has 5 nitrogen and oxygen atoms in total. The average Bonchev–Trinajstić information content (AvgIpc) is 2.95. The van der Waals surface area contributed by atoms with Crippen LogP contribution in [-0.2, 0) is 9.59 Å². The third-order valence-corrected chi connectivity index (χ3v) is 4.25. The monoisotopic (exact) mass is 339 g/mol. The number of aryl methyl sites for hydroxylation is 2. The van der Waals surface area contributed by atoms with Crippen molar-refractivity contribution in [1.82, 2.24) is 0 Å². The Labute approximate surface area is 147 Å². The molecular formula is C20H21NO4. The van der Waals surface area contributed by atoms with Gasteiger partial charge in [-0.3, -0.25) is 9.59 Å². The minimum atomic E-state index is -0.488. The number of rotatable bonds is 4. The lowest BCUT2D eigenvalue weighted by Gasteiger charge is -2.19. The fourth-order valence-electron chi connectivity index (χ4n) is 3.14. The Morgan fingerprint density at radius 3 is 2.48 bits per heavy atom. The van der Waals surface area contributed by atoms with Crippen LogP contribution in [0.4, 0.5) is 5.69 Å². The third-order valence-electron chi connectivity index (χ3n) is 4.25. The molecule has 130 valence electrons. The molecule has 0 aliphatic carbocycles. The molecule has 2 aromatic rings. The highest BCUT2D eigenvalue weighted by atomic mass is 16.5. The van der Waals surface area contributed by atoms with Crippen molar-refractivity contribution in [2.24, 2.45) is 5.92 Å². The first-order chi connectivity index (χ1) is 12.0. The molecule has 5 heteroatoms. The highest BCUT2D eigenvalue weighted by Gasteiger charge is 2.37. The summed E-state index contributed by atoms with van der Waals surface area (Å²) in [4.78, 5) is 26.5. The molecule has 1 fully saturated rings. The number of hydrogen-bond donors (Lipinski definition) is 0. The van der Waals surface area contributed by atoms with E-state index in [4.69, 9.17) is 9.47 Å². The number of methoxy groups -OCH3 is 1. The molecular weight excluding hydrogens is 318 g/mol. The lowest BCUT2D eigenvalue weighted by atomic mass is 10.1. The Kier molecular flexibility index (Phi) is 4.74. The van der Waals surface area contributed by atoms with Gasteiger partial charge < -0.3 is 14.4 Å². The fraction of sp³-hybridized carbons (Fsp3) is 0.300. The van der Waals surface area contributed by atoms with Gasteiger partial charge >= 0.3 is 5.97 Å². The standard InChI is InChI=1S/C20H21NO4/c1-13-8-14(2)10-16(9-13)25-20(23)15-11-19(22)21(12-15)17-6-4-5-7-18(17)24-3/h4-10,15H,11-12H2,1-3H3/t15-/m0/s1. The molecule has 0 aromatic heterocycles. The van der Waals surface area contributed by atoms with Gasteiger partial charge in [0.15, 0.2) is 0 Å². The van der Waals surface area contributed by atoms with E-state index in [0.29, 0.717) is 23.7 Å². The smallest absolute Gasteiger partial charge is 0.316 e. The highest BCUT2D eigenvalue weighted by Crippen LogP contribution is 2.33. The zero-order chi connectivity index (χ0) is 18.0. The molecule has 0 bridgehead atoms. The summed E-state index contributed by atoms with van der Waals surface area (Å²) in [6, 6.07) is 12.9. The van der Waals surface area contributed by atoms with Gasteiger partial charge in [-0.05, 0) is 49.2 Å². The number of para-hydroxylation sites is 2. The number of nitrogens with zero attached hydrogens (tertiary/aromatic N) is 1. The van der Waals surface area contributed by atoms with E-state index in [0.717, 1.165) is 11.1 Å². The molecule has 1 saturated heterocycles. The van der Waals surface area contributed by atoms with Gasteiger partial charge in [0.25, 0.3) is 0 Å². The van der Waals surface area contributed by atoms with Crippen LogP contribution < -0.4 is 14.4 Å². The summed E-state index contributed by atoms with van der Waals surface area (Å²) >= 11 is 0. The lowest BCUT2D eigenvalue weighted by molar-refractivity contribution is -0.139. The van der Waals surface area contributed by atoms with E-state index in [1.165, 1.54) is 0 Å². The molecule has 0 saturated carbocycles. The SMILES string of the molecule is COc1ccccc1N1C[C@@H](C(=O)Oc2cc(C)cc(C)c2)CC1=O. The van der Waals surface area contributed by atoms with Crippen LogP contribution in [0.2, 0.25) is 0 Å². The molecule has 1 atom stereocenters. The number of carbonyl (C=O) groups excluding carboxylic acids is 2. The van der Waals surface area contributed by atoms with Gasteiger partial charge in [-0.25, -0.2) is 0 Å². The molecule has 25 heavy (non-hydrogen) atoms. The van der Waals surface area contributed by atoms with Crippen LogP contribution in [0.5, 0.6) is 11.5 Å². The van der Waals surface area contributed by atoms with Crippen molar-refractivity contribution in [3.8, 4) is 11.5 Å². The highest BCUT2D eigenvalue weighted by molar-refractivity contribution is 6.00. The Balaban J connectivity index is 1.74. The Morgan fingerprint density at radius 2 is 1.80 bits per heavy atom. The largest absolute Gasteiger partial charge is 0.495 e. The second-order valence-corrected chi connectivity index (χ2v) is 6.32. The van der Waals surface area contributed by atoms with Crippen molar-refractivity contribution in [3.63, 3.8) is 0 Å². The van der Waals surface area contributed by atoms with Gasteiger partial charge in [-0.2, -0.15) is 0 Å². The number of hydrogen-bond acceptors (Lipinski definition) is 4. The van der Waals surface area contributed by atoms with E-state index in [9.17, 15) is 9.59 Å². The van der Waals surface area contributed by atoms with Gasteiger partial charge in [0, 0.05) is 13.0 Å². The summed E-state index contributed by atoms with van der Waals surface area (Å²) < 4.78 is 10.8. The van der Waals surface area contributed by atoms with Gasteiger partial charge in [0.05, 0.1) is 18.7 Å². The van der Waals surface area contributed by atoms with Gasteiger partial charge in [0.1, 0.15) is 11.5 Å². The Hall–Kier alpha value is -2.82.